The predicted molar refractivity (Wildman–Crippen MR) is 161 cm³/mol. The maximum atomic E-state index is 14.1. The van der Waals surface area contributed by atoms with Crippen LogP contribution < -0.4 is 5.32 Å². The number of aliphatic carboxylic acids is 1. The Bertz CT molecular complexity index is 1970. The first-order chi connectivity index (χ1) is 21.7. The van der Waals surface area contributed by atoms with E-state index >= 15 is 0 Å². The number of carboxylic acids is 1. The normalized spacial score (nSPS) is 22.6. The molecule has 0 spiro atoms. The van der Waals surface area contributed by atoms with Crippen molar-refractivity contribution in [1.82, 2.24) is 15.2 Å². The molecule has 2 saturated heterocycles. The number of furan rings is 1. The second-order valence-electron chi connectivity index (χ2n) is 11.3. The first-order valence-electron chi connectivity index (χ1n) is 14.3. The lowest BCUT2D eigenvalue weighted by molar-refractivity contribution is -0.384. The van der Waals surface area contributed by atoms with Gasteiger partial charge in [0, 0.05) is 30.3 Å². The molecule has 224 valence electrons. The third-order valence-electron chi connectivity index (χ3n) is 8.77. The van der Waals surface area contributed by atoms with Crippen LogP contribution in [-0.2, 0) is 27.3 Å². The van der Waals surface area contributed by atoms with Gasteiger partial charge in [-0.2, -0.15) is 0 Å². The highest BCUT2D eigenvalue weighted by molar-refractivity contribution is 6.09. The van der Waals surface area contributed by atoms with E-state index in [2.05, 4.69) is 10.3 Å². The summed E-state index contributed by atoms with van der Waals surface area (Å²) in [7, 11) is 0. The molecule has 11 nitrogen and oxygen atoms in total. The molecule has 0 saturated carbocycles. The number of aromatic nitrogens is 1. The number of fused-ring (bicyclic) bond motifs is 2. The highest BCUT2D eigenvalue weighted by Gasteiger charge is 2.69. The molecule has 0 radical (unpaired) electrons. The Kier molecular flexibility index (Phi) is 6.74. The van der Waals surface area contributed by atoms with Crippen LogP contribution in [0.1, 0.15) is 23.1 Å². The van der Waals surface area contributed by atoms with Crippen molar-refractivity contribution < 1.29 is 28.8 Å². The topological polar surface area (TPSA) is 156 Å². The van der Waals surface area contributed by atoms with Crippen LogP contribution in [0.3, 0.4) is 0 Å². The molecule has 2 fully saturated rings. The smallest absolute Gasteiger partial charge is 0.325 e. The van der Waals surface area contributed by atoms with Crippen LogP contribution in [0.25, 0.3) is 22.1 Å². The molecule has 4 unspecified atom stereocenters. The molecule has 4 atom stereocenters. The number of carbonyl (C=O) groups is 3. The largest absolute Gasteiger partial charge is 0.480 e. The minimum atomic E-state index is -1.83. The van der Waals surface area contributed by atoms with Crippen molar-refractivity contribution >= 4 is 34.2 Å². The molecule has 2 aliphatic rings. The number of benzene rings is 3. The first-order valence-corrected chi connectivity index (χ1v) is 14.3. The summed E-state index contributed by atoms with van der Waals surface area (Å²) in [5, 5.41) is 27.0. The Morgan fingerprint density at radius 3 is 2.42 bits per heavy atom. The summed E-state index contributed by atoms with van der Waals surface area (Å²) in [6, 6.07) is 26.7. The number of nitrogens with zero attached hydrogens (tertiary/aromatic N) is 3. The minimum absolute atomic E-state index is 0.0583. The summed E-state index contributed by atoms with van der Waals surface area (Å²) in [6.45, 7) is -0.0872. The van der Waals surface area contributed by atoms with Crippen LogP contribution in [0.15, 0.2) is 108 Å². The number of rotatable bonds is 8. The van der Waals surface area contributed by atoms with Gasteiger partial charge in [0.15, 0.2) is 0 Å². The lowest BCUT2D eigenvalue weighted by Gasteiger charge is -2.31. The molecule has 11 heteroatoms. The van der Waals surface area contributed by atoms with Gasteiger partial charge in [0.05, 0.1) is 35.0 Å². The van der Waals surface area contributed by atoms with Crippen molar-refractivity contribution in [3.63, 3.8) is 0 Å². The highest BCUT2D eigenvalue weighted by Crippen LogP contribution is 2.51. The van der Waals surface area contributed by atoms with Gasteiger partial charge in [-0.25, -0.2) is 0 Å². The summed E-state index contributed by atoms with van der Waals surface area (Å²) in [4.78, 5) is 57.4. The van der Waals surface area contributed by atoms with Gasteiger partial charge >= 0.3 is 5.97 Å². The summed E-state index contributed by atoms with van der Waals surface area (Å²) < 4.78 is 6.16. The molecule has 3 aromatic carbocycles. The van der Waals surface area contributed by atoms with Crippen LogP contribution in [0, 0.1) is 22.0 Å². The van der Waals surface area contributed by atoms with E-state index in [1.807, 2.05) is 42.5 Å². The predicted octanol–water partition coefficient (Wildman–Crippen LogP) is 4.91. The average Bonchev–Trinajstić information content (AvgIpc) is 3.73. The van der Waals surface area contributed by atoms with Crippen LogP contribution in [0.4, 0.5) is 5.69 Å². The van der Waals surface area contributed by atoms with Crippen molar-refractivity contribution in [2.24, 2.45) is 11.8 Å². The summed E-state index contributed by atoms with van der Waals surface area (Å²) >= 11 is 0. The van der Waals surface area contributed by atoms with E-state index in [4.69, 9.17) is 4.42 Å². The maximum Gasteiger partial charge on any atom is 0.325 e. The quantitative estimate of drug-likeness (QED) is 0.143. The second kappa shape index (κ2) is 10.8. The van der Waals surface area contributed by atoms with E-state index < -0.39 is 46.1 Å². The van der Waals surface area contributed by atoms with Gasteiger partial charge in [0.25, 0.3) is 5.69 Å². The Balaban J connectivity index is 1.30. The van der Waals surface area contributed by atoms with Gasteiger partial charge in [-0.15, -0.1) is 0 Å². The fourth-order valence-electron chi connectivity index (χ4n) is 6.64. The van der Waals surface area contributed by atoms with Crippen molar-refractivity contribution in [3.8, 4) is 11.3 Å². The van der Waals surface area contributed by atoms with Crippen LogP contribution in [0.5, 0.6) is 0 Å². The number of nitrogens with one attached hydrogen (secondary N) is 1. The van der Waals surface area contributed by atoms with Crippen LogP contribution in [0.2, 0.25) is 0 Å². The molecule has 0 aliphatic carbocycles. The Morgan fingerprint density at radius 1 is 0.956 bits per heavy atom. The monoisotopic (exact) mass is 602 g/mol. The number of pyridine rings is 1. The number of non-ortho nitro benzene ring substituents is 1. The van der Waals surface area contributed by atoms with Crippen molar-refractivity contribution in [3.05, 3.63) is 130 Å². The number of nitro benzene ring substituents is 1. The molecule has 2 amide bonds. The van der Waals surface area contributed by atoms with Gasteiger partial charge < -0.3 is 9.52 Å². The fraction of sp³-hybridized carbons (Fsp3) is 0.176. The van der Waals surface area contributed by atoms with E-state index in [0.29, 0.717) is 22.6 Å². The third kappa shape index (κ3) is 4.74. The zero-order chi connectivity index (χ0) is 31.3. The lowest BCUT2D eigenvalue weighted by Crippen LogP contribution is -2.57. The molecule has 2 aliphatic heterocycles. The van der Waals surface area contributed by atoms with Crippen LogP contribution >= 0.6 is 0 Å². The van der Waals surface area contributed by atoms with E-state index in [0.717, 1.165) is 15.7 Å². The van der Waals surface area contributed by atoms with Gasteiger partial charge in [0.2, 0.25) is 11.8 Å². The maximum absolute atomic E-state index is 14.1. The third-order valence-corrected chi connectivity index (χ3v) is 8.77. The van der Waals surface area contributed by atoms with E-state index in [1.54, 1.807) is 48.7 Å². The Hall–Kier alpha value is -5.68. The van der Waals surface area contributed by atoms with Gasteiger partial charge in [0.1, 0.15) is 17.1 Å². The molecular weight excluding hydrogens is 576 g/mol. The molecule has 7 rings (SSSR count). The number of hydrogen-bond acceptors (Lipinski definition) is 8. The van der Waals surface area contributed by atoms with E-state index in [9.17, 15) is 29.6 Å². The number of carbonyl (C=O) groups excluding carboxylic acids is 2. The summed E-state index contributed by atoms with van der Waals surface area (Å²) in [5.41, 5.74) is -0.152. The number of nitro groups is 1. The molecule has 2 aromatic heterocycles. The highest BCUT2D eigenvalue weighted by atomic mass is 16.6. The Morgan fingerprint density at radius 2 is 1.71 bits per heavy atom. The van der Waals surface area contributed by atoms with Gasteiger partial charge in [-0.05, 0) is 52.7 Å². The summed E-state index contributed by atoms with van der Waals surface area (Å²) in [5.74, 6) is -3.98. The molecule has 45 heavy (non-hydrogen) atoms. The van der Waals surface area contributed by atoms with E-state index in [1.165, 1.54) is 12.1 Å². The SMILES string of the molecule is O=C1C2C(c3ccc(-c4ccc([N+](=O)[O-])cc4)o3)NC(Cc3ccc4ccccc4c3)(C(=O)O)C2C(=O)N1Cc1ccccn1. The first kappa shape index (κ1) is 28.1. The molecular formula is C34H26N4O7. The molecule has 0 bridgehead atoms. The Labute approximate surface area is 256 Å². The standard InChI is InChI=1S/C34H26N4O7/c39-31-28-29(32(40)37(31)19-24-7-3-4-16-35-24)34(33(41)42,18-20-8-9-21-5-1-2-6-23(21)17-20)36-30(28)27-15-14-26(45-27)22-10-12-25(13-11-22)38(43)44/h1-17,28-30,36H,18-19H2,(H,41,42). The number of hydrogen-bond donors (Lipinski definition) is 2. The second-order valence-corrected chi connectivity index (χ2v) is 11.3. The number of amides is 2. The van der Waals surface area contributed by atoms with Crippen molar-refractivity contribution in [2.45, 2.75) is 24.5 Å². The molecule has 2 N–H and O–H groups in total. The van der Waals surface area contributed by atoms with Gasteiger partial charge in [-0.3, -0.25) is 39.7 Å². The fourth-order valence-corrected chi connectivity index (χ4v) is 6.64. The van der Waals surface area contributed by atoms with Gasteiger partial charge in [-0.1, -0.05) is 48.5 Å². The average molecular weight is 603 g/mol. The minimum Gasteiger partial charge on any atom is -0.480 e. The van der Waals surface area contributed by atoms with Crippen molar-refractivity contribution in [2.75, 3.05) is 0 Å². The van der Waals surface area contributed by atoms with Crippen molar-refractivity contribution in [1.29, 1.82) is 0 Å². The number of carboxylic acid groups (broad SMARTS) is 1. The van der Waals surface area contributed by atoms with E-state index in [-0.39, 0.29) is 24.4 Å². The number of imide groups is 1. The zero-order valence-electron chi connectivity index (χ0n) is 23.7. The zero-order valence-corrected chi connectivity index (χ0v) is 23.7. The molecule has 4 heterocycles. The van der Waals surface area contributed by atoms with Crippen LogP contribution in [-0.4, -0.2) is 43.2 Å². The summed E-state index contributed by atoms with van der Waals surface area (Å²) in [6.07, 6.45) is 1.51. The lowest BCUT2D eigenvalue weighted by atomic mass is 9.76. The number of likely N-dealkylation sites (tertiary alicyclic amines) is 1. The molecule has 5 aromatic rings.